The maximum absolute atomic E-state index is 4.40. The zero-order valence-electron chi connectivity index (χ0n) is 9.44. The summed E-state index contributed by atoms with van der Waals surface area (Å²) in [5.74, 6) is 0. The van der Waals surface area contributed by atoms with Gasteiger partial charge in [0.2, 0.25) is 0 Å². The Bertz CT molecular complexity index is 286. The summed E-state index contributed by atoms with van der Waals surface area (Å²) >= 11 is 1.69. The van der Waals surface area contributed by atoms with Crippen LogP contribution in [0.1, 0.15) is 31.5 Å². The molecule has 1 N–H and O–H groups in total. The molecule has 2 rings (SSSR count). The van der Waals surface area contributed by atoms with Gasteiger partial charge in [0.1, 0.15) is 0 Å². The Kier molecular flexibility index (Phi) is 3.72. The van der Waals surface area contributed by atoms with E-state index in [1.165, 1.54) is 25.1 Å². The third kappa shape index (κ3) is 2.56. The van der Waals surface area contributed by atoms with E-state index < -0.39 is 0 Å². The highest BCUT2D eigenvalue weighted by molar-refractivity contribution is 7.07. The number of likely N-dealkylation sites (tertiary alicyclic amines) is 1. The number of hydrogen-bond acceptors (Lipinski definition) is 4. The molecule has 0 bridgehead atoms. The second-order valence-corrected chi connectivity index (χ2v) is 4.93. The molecule has 0 spiro atoms. The van der Waals surface area contributed by atoms with E-state index in [-0.39, 0.29) is 0 Å². The third-order valence-electron chi connectivity index (χ3n) is 3.29. The van der Waals surface area contributed by atoms with Gasteiger partial charge < -0.3 is 5.32 Å². The van der Waals surface area contributed by atoms with Crippen LogP contribution in [-0.4, -0.2) is 36.1 Å². The smallest absolute Gasteiger partial charge is 0.0795 e. The Morgan fingerprint density at radius 3 is 3.20 bits per heavy atom. The molecule has 2 heterocycles. The minimum atomic E-state index is 0.465. The van der Waals surface area contributed by atoms with E-state index in [1.54, 1.807) is 11.3 Å². The summed E-state index contributed by atoms with van der Waals surface area (Å²) < 4.78 is 0. The molecule has 1 aliphatic rings. The fraction of sp³-hybridized carbons (Fsp3) is 0.727. The van der Waals surface area contributed by atoms with E-state index in [4.69, 9.17) is 0 Å². The van der Waals surface area contributed by atoms with Crippen LogP contribution in [0, 0.1) is 0 Å². The Hall–Kier alpha value is -0.450. The van der Waals surface area contributed by atoms with Crippen molar-refractivity contribution in [3.8, 4) is 0 Å². The summed E-state index contributed by atoms with van der Waals surface area (Å²) in [6, 6.07) is 1.12. The minimum Gasteiger partial charge on any atom is -0.316 e. The minimum absolute atomic E-state index is 0.465. The van der Waals surface area contributed by atoms with Crippen molar-refractivity contribution in [1.29, 1.82) is 0 Å². The molecule has 1 fully saturated rings. The molecule has 2 unspecified atom stereocenters. The van der Waals surface area contributed by atoms with Crippen molar-refractivity contribution in [2.24, 2.45) is 0 Å². The molecule has 0 amide bonds. The first-order valence-corrected chi connectivity index (χ1v) is 6.55. The van der Waals surface area contributed by atoms with Crippen molar-refractivity contribution in [3.05, 3.63) is 16.6 Å². The largest absolute Gasteiger partial charge is 0.316 e. The zero-order valence-corrected chi connectivity index (χ0v) is 10.3. The van der Waals surface area contributed by atoms with Crippen LogP contribution >= 0.6 is 11.3 Å². The lowest BCUT2D eigenvalue weighted by Gasteiger charge is -2.36. The molecule has 1 aromatic heterocycles. The molecule has 84 valence electrons. The van der Waals surface area contributed by atoms with Gasteiger partial charge in [-0.25, -0.2) is 4.98 Å². The Morgan fingerprint density at radius 2 is 2.53 bits per heavy atom. The van der Waals surface area contributed by atoms with Crippen LogP contribution in [0.25, 0.3) is 0 Å². The third-order valence-corrected chi connectivity index (χ3v) is 3.89. The van der Waals surface area contributed by atoms with Crippen molar-refractivity contribution in [2.45, 2.75) is 31.8 Å². The van der Waals surface area contributed by atoms with Gasteiger partial charge in [0.15, 0.2) is 0 Å². The molecular formula is C11H19N3S. The fourth-order valence-electron chi connectivity index (χ4n) is 2.21. The summed E-state index contributed by atoms with van der Waals surface area (Å²) in [5.41, 5.74) is 3.14. The molecule has 1 aromatic rings. The maximum Gasteiger partial charge on any atom is 0.0795 e. The van der Waals surface area contributed by atoms with Gasteiger partial charge in [-0.3, -0.25) is 4.90 Å². The van der Waals surface area contributed by atoms with Gasteiger partial charge in [-0.15, -0.1) is 11.3 Å². The van der Waals surface area contributed by atoms with Gasteiger partial charge >= 0.3 is 0 Å². The van der Waals surface area contributed by atoms with E-state index in [9.17, 15) is 0 Å². The number of thiazole rings is 1. The SMILES string of the molecule is CNC1CCCN(C(C)c2cscn2)C1. The first kappa shape index (κ1) is 11.0. The van der Waals surface area contributed by atoms with Crippen molar-refractivity contribution < 1.29 is 0 Å². The molecule has 0 saturated carbocycles. The highest BCUT2D eigenvalue weighted by atomic mass is 32.1. The summed E-state index contributed by atoms with van der Waals surface area (Å²) in [6.07, 6.45) is 2.59. The summed E-state index contributed by atoms with van der Waals surface area (Å²) in [5, 5.41) is 5.53. The summed E-state index contributed by atoms with van der Waals surface area (Å²) in [4.78, 5) is 6.93. The molecule has 0 aromatic carbocycles. The first-order chi connectivity index (χ1) is 7.31. The van der Waals surface area contributed by atoms with Gasteiger partial charge in [0.25, 0.3) is 0 Å². The van der Waals surface area contributed by atoms with Crippen LogP contribution in [-0.2, 0) is 0 Å². The average molecular weight is 225 g/mol. The van der Waals surface area contributed by atoms with Gasteiger partial charge in [-0.1, -0.05) is 0 Å². The molecule has 4 heteroatoms. The van der Waals surface area contributed by atoms with E-state index in [0.29, 0.717) is 12.1 Å². The van der Waals surface area contributed by atoms with Crippen LogP contribution in [0.15, 0.2) is 10.9 Å². The monoisotopic (exact) mass is 225 g/mol. The molecule has 0 aliphatic carbocycles. The van der Waals surface area contributed by atoms with E-state index >= 15 is 0 Å². The van der Waals surface area contributed by atoms with Crippen LogP contribution in [0.2, 0.25) is 0 Å². The number of hydrogen-bond donors (Lipinski definition) is 1. The van der Waals surface area contributed by atoms with Crippen molar-refractivity contribution >= 4 is 11.3 Å². The summed E-state index contributed by atoms with van der Waals surface area (Å²) in [6.45, 7) is 4.61. The molecule has 2 atom stereocenters. The van der Waals surface area contributed by atoms with Crippen LogP contribution in [0.5, 0.6) is 0 Å². The van der Waals surface area contributed by atoms with Crippen LogP contribution in [0.3, 0.4) is 0 Å². The van der Waals surface area contributed by atoms with Crippen molar-refractivity contribution in [2.75, 3.05) is 20.1 Å². The molecular weight excluding hydrogens is 206 g/mol. The molecule has 1 aliphatic heterocycles. The highest BCUT2D eigenvalue weighted by Gasteiger charge is 2.23. The molecule has 1 saturated heterocycles. The second kappa shape index (κ2) is 5.05. The molecule has 15 heavy (non-hydrogen) atoms. The zero-order chi connectivity index (χ0) is 10.7. The van der Waals surface area contributed by atoms with Gasteiger partial charge in [0.05, 0.1) is 17.2 Å². The topological polar surface area (TPSA) is 28.2 Å². The second-order valence-electron chi connectivity index (χ2n) is 4.21. The predicted molar refractivity (Wildman–Crippen MR) is 64.2 cm³/mol. The number of likely N-dealkylation sites (N-methyl/N-ethyl adjacent to an activating group) is 1. The molecule has 0 radical (unpaired) electrons. The Balaban J connectivity index is 1.98. The van der Waals surface area contributed by atoms with Gasteiger partial charge in [-0.2, -0.15) is 0 Å². The predicted octanol–water partition coefficient (Wildman–Crippen LogP) is 1.89. The van der Waals surface area contributed by atoms with E-state index in [0.717, 1.165) is 6.54 Å². The number of nitrogens with zero attached hydrogens (tertiary/aromatic N) is 2. The van der Waals surface area contributed by atoms with Crippen LogP contribution < -0.4 is 5.32 Å². The van der Waals surface area contributed by atoms with E-state index in [1.807, 2.05) is 5.51 Å². The maximum atomic E-state index is 4.40. The quantitative estimate of drug-likeness (QED) is 0.851. The van der Waals surface area contributed by atoms with E-state index in [2.05, 4.69) is 34.6 Å². The fourth-order valence-corrected chi connectivity index (χ4v) is 2.85. The number of nitrogens with one attached hydrogen (secondary N) is 1. The number of rotatable bonds is 3. The standard InChI is InChI=1S/C11H19N3S/c1-9(11-7-15-8-13-11)14-5-3-4-10(6-14)12-2/h7-10,12H,3-6H2,1-2H3. The normalized spacial score (nSPS) is 25.3. The van der Waals surface area contributed by atoms with Crippen molar-refractivity contribution in [1.82, 2.24) is 15.2 Å². The summed E-state index contributed by atoms with van der Waals surface area (Å²) in [7, 11) is 2.06. The highest BCUT2D eigenvalue weighted by Crippen LogP contribution is 2.23. The lowest BCUT2D eigenvalue weighted by atomic mass is 10.0. The lowest BCUT2D eigenvalue weighted by Crippen LogP contribution is -2.45. The number of piperidine rings is 1. The number of aromatic nitrogens is 1. The first-order valence-electron chi connectivity index (χ1n) is 5.60. The van der Waals surface area contributed by atoms with Gasteiger partial charge in [0, 0.05) is 18.0 Å². The van der Waals surface area contributed by atoms with Crippen molar-refractivity contribution in [3.63, 3.8) is 0 Å². The van der Waals surface area contributed by atoms with Gasteiger partial charge in [-0.05, 0) is 33.4 Å². The average Bonchev–Trinajstić information content (AvgIpc) is 2.81. The lowest BCUT2D eigenvalue weighted by molar-refractivity contribution is 0.147. The van der Waals surface area contributed by atoms with Crippen LogP contribution in [0.4, 0.5) is 0 Å². The Morgan fingerprint density at radius 1 is 1.67 bits per heavy atom. The Labute approximate surface area is 95.5 Å². The molecule has 3 nitrogen and oxygen atoms in total.